The van der Waals surface area contributed by atoms with E-state index in [0.29, 0.717) is 28.5 Å². The van der Waals surface area contributed by atoms with Crippen LogP contribution in [0.3, 0.4) is 0 Å². The van der Waals surface area contributed by atoms with Gasteiger partial charge in [-0.1, -0.05) is 90.1 Å². The number of hydrogen-bond donors (Lipinski definition) is 0. The van der Waals surface area contributed by atoms with Gasteiger partial charge in [0.25, 0.3) is 0 Å². The summed E-state index contributed by atoms with van der Waals surface area (Å²) in [5, 5.41) is -7.15. The first-order valence-corrected chi connectivity index (χ1v) is 18.4. The van der Waals surface area contributed by atoms with E-state index in [2.05, 4.69) is 14.2 Å². The van der Waals surface area contributed by atoms with Crippen LogP contribution in [0.2, 0.25) is 0 Å². The lowest BCUT2D eigenvalue weighted by Gasteiger charge is -2.32. The molecule has 0 spiro atoms. The molecule has 2 aromatic heterocycles. The molecule has 4 aromatic rings. The van der Waals surface area contributed by atoms with E-state index in [9.17, 15) is 52.7 Å². The van der Waals surface area contributed by atoms with Crippen LogP contribution in [-0.2, 0) is 37.1 Å². The van der Waals surface area contributed by atoms with Gasteiger partial charge < -0.3 is 18.4 Å². The molecular formula is C38H38F9N3O7S. The highest BCUT2D eigenvalue weighted by molar-refractivity contribution is 7.88. The molecule has 0 unspecified atom stereocenters. The topological polar surface area (TPSA) is 127 Å². The van der Waals surface area contributed by atoms with Gasteiger partial charge in [0.2, 0.25) is 0 Å². The van der Waals surface area contributed by atoms with Gasteiger partial charge in [-0.15, -0.1) is 0 Å². The number of alkyl halides is 9. The first-order chi connectivity index (χ1) is 26.4. The highest BCUT2D eigenvalue weighted by Crippen LogP contribution is 2.55. The third-order valence-electron chi connectivity index (χ3n) is 8.41. The Balaban J connectivity index is 2.02. The van der Waals surface area contributed by atoms with E-state index in [1.54, 1.807) is 36.4 Å². The van der Waals surface area contributed by atoms with Crippen LogP contribution in [0.5, 0.6) is 17.2 Å². The van der Waals surface area contributed by atoms with Crippen LogP contribution in [0.15, 0.2) is 54.6 Å². The molecule has 0 saturated heterocycles. The highest BCUT2D eigenvalue weighted by atomic mass is 32.2. The summed E-state index contributed by atoms with van der Waals surface area (Å²) in [6, 6.07) is 13.4. The summed E-state index contributed by atoms with van der Waals surface area (Å²) in [6.45, 7) is 11.0. The largest absolute Gasteiger partial charge is 0.493 e. The molecule has 0 aliphatic rings. The number of carbonyl (C=O) groups is 1. The standard InChI is InChI=1S/C38H38F9N3O7S/c1-20(51)56-19-26-28(54-8)30(33(2,3)4)50-32(49-26)24-17-13-11-15-22(24)21-14-10-12-16-23(21)25-18-27(29(55-9)31(48-25)34(5,6)7)57-58(52,53)38(46,47)36(41,42)35(39,40)37(43,44)45/h10-18H,19H2,1-9H3. The van der Waals surface area contributed by atoms with Gasteiger partial charge in [0.1, 0.15) is 12.3 Å². The minimum Gasteiger partial charge on any atom is -0.493 e. The van der Waals surface area contributed by atoms with Gasteiger partial charge in [-0.05, 0) is 11.1 Å². The van der Waals surface area contributed by atoms with Crippen LogP contribution < -0.4 is 13.7 Å². The van der Waals surface area contributed by atoms with Crippen molar-refractivity contribution < 1.29 is 71.1 Å². The number of aromatic nitrogens is 3. The summed E-state index contributed by atoms with van der Waals surface area (Å²) in [5.41, 5.74) is -0.438. The fourth-order valence-corrected chi connectivity index (χ4v) is 6.47. The van der Waals surface area contributed by atoms with E-state index in [0.717, 1.165) is 7.11 Å². The Bertz CT molecular complexity index is 2310. The Kier molecular flexibility index (Phi) is 12.2. The van der Waals surface area contributed by atoms with Crippen molar-refractivity contribution in [3.63, 3.8) is 0 Å². The third kappa shape index (κ3) is 8.38. The summed E-state index contributed by atoms with van der Waals surface area (Å²) >= 11 is 0. The lowest BCUT2D eigenvalue weighted by atomic mass is 9.88. The number of carbonyl (C=O) groups excluding carboxylic acids is 1. The number of pyridine rings is 1. The van der Waals surface area contributed by atoms with Crippen molar-refractivity contribution >= 4 is 16.1 Å². The van der Waals surface area contributed by atoms with Crippen LogP contribution in [0, 0.1) is 0 Å². The van der Waals surface area contributed by atoms with Gasteiger partial charge in [-0.2, -0.15) is 47.9 Å². The lowest BCUT2D eigenvalue weighted by molar-refractivity contribution is -0.382. The predicted octanol–water partition coefficient (Wildman–Crippen LogP) is 9.68. The zero-order chi connectivity index (χ0) is 44.0. The van der Waals surface area contributed by atoms with Crippen LogP contribution in [0.25, 0.3) is 33.8 Å². The van der Waals surface area contributed by atoms with Crippen molar-refractivity contribution in [2.24, 2.45) is 0 Å². The number of methoxy groups -OCH3 is 2. The van der Waals surface area contributed by atoms with Crippen molar-refractivity contribution in [3.8, 4) is 51.0 Å². The van der Waals surface area contributed by atoms with Gasteiger partial charge in [0.15, 0.2) is 23.1 Å². The second-order valence-electron chi connectivity index (χ2n) is 14.8. The molecule has 0 saturated carbocycles. The van der Waals surface area contributed by atoms with Crippen molar-refractivity contribution in [2.45, 2.75) is 89.2 Å². The number of rotatable bonds is 12. The van der Waals surface area contributed by atoms with Crippen molar-refractivity contribution in [1.82, 2.24) is 15.0 Å². The Labute approximate surface area is 327 Å². The van der Waals surface area contributed by atoms with Gasteiger partial charge in [0, 0.05) is 34.9 Å². The van der Waals surface area contributed by atoms with Gasteiger partial charge in [0.05, 0.1) is 31.3 Å². The van der Waals surface area contributed by atoms with Crippen molar-refractivity contribution in [3.05, 3.63) is 71.7 Å². The molecular weight excluding hydrogens is 813 g/mol. The first-order valence-electron chi connectivity index (χ1n) is 17.0. The maximum Gasteiger partial charge on any atom is 0.460 e. The van der Waals surface area contributed by atoms with Gasteiger partial charge in [-0.3, -0.25) is 4.79 Å². The molecule has 0 bridgehead atoms. The Morgan fingerprint density at radius 2 is 1.12 bits per heavy atom. The third-order valence-corrected chi connectivity index (χ3v) is 9.69. The minimum absolute atomic E-state index is 0.121. The van der Waals surface area contributed by atoms with Crippen LogP contribution in [0.1, 0.15) is 65.5 Å². The molecule has 0 N–H and O–H groups in total. The number of nitrogens with zero attached hydrogens (tertiary/aromatic N) is 3. The Morgan fingerprint density at radius 1 is 0.655 bits per heavy atom. The SMILES string of the molecule is COc1c(OS(=O)(=O)C(F)(F)C(F)(F)C(F)(F)C(F)(F)F)cc(-c2ccccc2-c2ccccc2-c2nc(COC(C)=O)c(OC)c(C(C)(C)C)n2)nc1C(C)(C)C. The van der Waals surface area contributed by atoms with Crippen LogP contribution >= 0.6 is 0 Å². The molecule has 4 rings (SSSR count). The van der Waals surface area contributed by atoms with E-state index in [1.165, 1.54) is 46.9 Å². The summed E-state index contributed by atoms with van der Waals surface area (Å²) in [7, 11) is -5.08. The van der Waals surface area contributed by atoms with E-state index < -0.39 is 61.7 Å². The van der Waals surface area contributed by atoms with Crippen LogP contribution in [0.4, 0.5) is 39.5 Å². The van der Waals surface area contributed by atoms with Crippen molar-refractivity contribution in [2.75, 3.05) is 14.2 Å². The molecule has 316 valence electrons. The van der Waals surface area contributed by atoms with Crippen molar-refractivity contribution in [1.29, 1.82) is 0 Å². The zero-order valence-corrected chi connectivity index (χ0v) is 33.2. The molecule has 0 aliphatic heterocycles. The average Bonchev–Trinajstić information content (AvgIpc) is 3.11. The van der Waals surface area contributed by atoms with Gasteiger partial charge >= 0.3 is 39.4 Å². The fourth-order valence-electron chi connectivity index (χ4n) is 5.57. The quantitative estimate of drug-likeness (QED) is 0.0773. The van der Waals surface area contributed by atoms with E-state index in [1.807, 2.05) is 20.8 Å². The summed E-state index contributed by atoms with van der Waals surface area (Å²) in [4.78, 5) is 25.8. The average molecular weight is 852 g/mol. The second-order valence-corrected chi connectivity index (χ2v) is 16.4. The van der Waals surface area contributed by atoms with E-state index >= 15 is 0 Å². The number of esters is 1. The monoisotopic (exact) mass is 851 g/mol. The summed E-state index contributed by atoms with van der Waals surface area (Å²) in [6.07, 6.45) is -7.29. The smallest absolute Gasteiger partial charge is 0.460 e. The number of ether oxygens (including phenoxy) is 3. The molecule has 0 amide bonds. The zero-order valence-electron chi connectivity index (χ0n) is 32.4. The maximum absolute atomic E-state index is 14.9. The molecule has 58 heavy (non-hydrogen) atoms. The number of benzene rings is 2. The summed E-state index contributed by atoms with van der Waals surface area (Å²) in [5.74, 6) is -17.3. The summed E-state index contributed by atoms with van der Waals surface area (Å²) < 4.78 is 171. The molecule has 0 atom stereocenters. The molecule has 2 aromatic carbocycles. The first kappa shape index (κ1) is 45.6. The molecule has 20 heteroatoms. The lowest BCUT2D eigenvalue weighted by Crippen LogP contribution is -2.63. The van der Waals surface area contributed by atoms with Gasteiger partial charge in [-0.25, -0.2) is 15.0 Å². The number of hydrogen-bond acceptors (Lipinski definition) is 10. The predicted molar refractivity (Wildman–Crippen MR) is 193 cm³/mol. The highest BCUT2D eigenvalue weighted by Gasteiger charge is 2.86. The Morgan fingerprint density at radius 3 is 1.59 bits per heavy atom. The number of halogens is 9. The minimum atomic E-state index is -7.54. The molecule has 10 nitrogen and oxygen atoms in total. The van der Waals surface area contributed by atoms with Crippen LogP contribution in [-0.4, -0.2) is 66.8 Å². The molecule has 0 aliphatic carbocycles. The molecule has 2 heterocycles. The second kappa shape index (κ2) is 15.6. The maximum atomic E-state index is 14.9. The normalized spacial score (nSPS) is 13.3. The van der Waals surface area contributed by atoms with E-state index in [4.69, 9.17) is 19.2 Å². The van der Waals surface area contributed by atoms with E-state index in [-0.39, 0.29) is 40.8 Å². The molecule has 0 radical (unpaired) electrons. The Hall–Kier alpha value is -5.14. The molecule has 0 fully saturated rings. The fraction of sp³-hybridized carbons (Fsp3) is 0.421.